The van der Waals surface area contributed by atoms with E-state index >= 15 is 0 Å². The smallest absolute Gasteiger partial charge is 0.241 e. The fourth-order valence-electron chi connectivity index (χ4n) is 0.891. The molecule has 0 amide bonds. The van der Waals surface area contributed by atoms with Crippen LogP contribution in [-0.4, -0.2) is 15.5 Å². The number of primary sulfonamides is 1. The van der Waals surface area contributed by atoms with Crippen LogP contribution in [0.4, 0.5) is 4.39 Å². The first kappa shape index (κ1) is 11.4. The van der Waals surface area contributed by atoms with Gasteiger partial charge in [0.2, 0.25) is 10.0 Å². The van der Waals surface area contributed by atoms with Crippen molar-refractivity contribution < 1.29 is 17.5 Å². The molecule has 0 heterocycles. The molecule has 4 nitrogen and oxygen atoms in total. The third-order valence-electron chi connectivity index (χ3n) is 1.54. The Morgan fingerprint density at radius 1 is 1.50 bits per heavy atom. The van der Waals surface area contributed by atoms with Crippen LogP contribution < -0.4 is 9.88 Å². The van der Waals surface area contributed by atoms with Gasteiger partial charge in [0.05, 0.1) is 11.6 Å². The molecule has 0 aliphatic carbocycles. The number of hydrogen-bond acceptors (Lipinski definition) is 3. The summed E-state index contributed by atoms with van der Waals surface area (Å²) in [5.41, 5.74) is 0. The quantitative estimate of drug-likeness (QED) is 0.888. The Labute approximate surface area is 89.0 Å². The minimum absolute atomic E-state index is 0.0634. The molecule has 0 bridgehead atoms. The number of hydrogen-bond donors (Lipinski definition) is 1. The lowest BCUT2D eigenvalue weighted by Gasteiger charge is -2.06. The van der Waals surface area contributed by atoms with Crippen molar-refractivity contribution in [2.75, 3.05) is 7.11 Å². The minimum Gasteiger partial charge on any atom is -0.495 e. The summed E-state index contributed by atoms with van der Waals surface area (Å²) in [6, 6.07) is 2.36. The second kappa shape index (κ2) is 3.84. The third-order valence-corrected chi connectivity index (χ3v) is 3.21. The van der Waals surface area contributed by atoms with Gasteiger partial charge in [-0.05, 0) is 28.1 Å². The highest BCUT2D eigenvalue weighted by Gasteiger charge is 2.19. The standard InChI is InChI=1S/C7H7BrFNO3S/c1-13-4-2-3-5(14(10,11)12)7(9)6(4)8/h2-3H,1H3,(H2,10,11,12). The van der Waals surface area contributed by atoms with E-state index in [-0.39, 0.29) is 10.2 Å². The van der Waals surface area contributed by atoms with Crippen molar-refractivity contribution in [3.63, 3.8) is 0 Å². The van der Waals surface area contributed by atoms with Crippen molar-refractivity contribution in [2.24, 2.45) is 5.14 Å². The Hall–Kier alpha value is -0.660. The van der Waals surface area contributed by atoms with E-state index in [4.69, 9.17) is 9.88 Å². The zero-order valence-electron chi connectivity index (χ0n) is 7.12. The van der Waals surface area contributed by atoms with Crippen molar-refractivity contribution in [1.29, 1.82) is 0 Å². The summed E-state index contributed by atoms with van der Waals surface area (Å²) in [7, 11) is -2.70. The number of nitrogens with two attached hydrogens (primary N) is 1. The van der Waals surface area contributed by atoms with Crippen molar-refractivity contribution in [1.82, 2.24) is 0 Å². The number of ether oxygens (including phenoxy) is 1. The van der Waals surface area contributed by atoms with Crippen LogP contribution in [0.2, 0.25) is 0 Å². The fourth-order valence-corrected chi connectivity index (χ4v) is 2.14. The van der Waals surface area contributed by atoms with E-state index in [0.717, 1.165) is 6.07 Å². The number of sulfonamides is 1. The Morgan fingerprint density at radius 2 is 2.07 bits per heavy atom. The van der Waals surface area contributed by atoms with E-state index in [9.17, 15) is 12.8 Å². The van der Waals surface area contributed by atoms with Gasteiger partial charge in [0, 0.05) is 0 Å². The molecule has 0 radical (unpaired) electrons. The van der Waals surface area contributed by atoms with Crippen LogP contribution in [0.3, 0.4) is 0 Å². The van der Waals surface area contributed by atoms with E-state index in [1.165, 1.54) is 13.2 Å². The Kier molecular flexibility index (Phi) is 3.13. The molecule has 0 saturated heterocycles. The summed E-state index contributed by atoms with van der Waals surface area (Å²) in [6.45, 7) is 0. The van der Waals surface area contributed by atoms with Gasteiger partial charge in [-0.15, -0.1) is 0 Å². The second-order valence-corrected chi connectivity index (χ2v) is 4.76. The summed E-state index contributed by atoms with van der Waals surface area (Å²) < 4.78 is 39.8. The number of halogens is 2. The molecule has 0 atom stereocenters. The summed E-state index contributed by atoms with van der Waals surface area (Å²) in [5, 5.41) is 4.79. The zero-order chi connectivity index (χ0) is 10.9. The topological polar surface area (TPSA) is 69.4 Å². The molecule has 0 aliphatic rings. The van der Waals surface area contributed by atoms with Crippen LogP contribution in [0.25, 0.3) is 0 Å². The summed E-state index contributed by atoms with van der Waals surface area (Å²) in [6.07, 6.45) is 0. The molecule has 2 N–H and O–H groups in total. The molecule has 0 saturated carbocycles. The van der Waals surface area contributed by atoms with Gasteiger partial charge in [-0.3, -0.25) is 0 Å². The molecular weight excluding hydrogens is 277 g/mol. The maximum atomic E-state index is 13.4. The molecule has 0 unspecified atom stereocenters. The van der Waals surface area contributed by atoms with E-state index in [2.05, 4.69) is 15.9 Å². The third kappa shape index (κ3) is 2.05. The van der Waals surface area contributed by atoms with Gasteiger partial charge in [-0.2, -0.15) is 0 Å². The normalized spacial score (nSPS) is 11.4. The average Bonchev–Trinajstić information content (AvgIpc) is 2.07. The van der Waals surface area contributed by atoms with E-state index in [1.54, 1.807) is 0 Å². The van der Waals surface area contributed by atoms with Crippen LogP contribution in [-0.2, 0) is 10.0 Å². The van der Waals surface area contributed by atoms with Crippen LogP contribution in [0.1, 0.15) is 0 Å². The minimum atomic E-state index is -4.04. The van der Waals surface area contributed by atoms with Gasteiger partial charge in [0.1, 0.15) is 10.6 Å². The molecular formula is C7H7BrFNO3S. The molecule has 0 aliphatic heterocycles. The SMILES string of the molecule is COc1ccc(S(N)(=O)=O)c(F)c1Br. The van der Waals surface area contributed by atoms with Gasteiger partial charge in [0.25, 0.3) is 0 Å². The van der Waals surface area contributed by atoms with Crippen LogP contribution >= 0.6 is 15.9 Å². The molecule has 0 fully saturated rings. The summed E-state index contributed by atoms with van der Waals surface area (Å²) in [5.74, 6) is -0.748. The molecule has 1 aromatic rings. The van der Waals surface area contributed by atoms with Gasteiger partial charge >= 0.3 is 0 Å². The second-order valence-electron chi connectivity index (χ2n) is 2.44. The van der Waals surface area contributed by atoms with Crippen LogP contribution in [0.5, 0.6) is 5.75 Å². The number of benzene rings is 1. The van der Waals surface area contributed by atoms with Gasteiger partial charge in [-0.1, -0.05) is 0 Å². The highest BCUT2D eigenvalue weighted by Crippen LogP contribution is 2.31. The van der Waals surface area contributed by atoms with Gasteiger partial charge in [0.15, 0.2) is 5.82 Å². The number of rotatable bonds is 2. The molecule has 7 heteroatoms. The Bertz CT molecular complexity index is 460. The predicted octanol–water partition coefficient (Wildman–Crippen LogP) is 1.24. The lowest BCUT2D eigenvalue weighted by molar-refractivity contribution is 0.406. The van der Waals surface area contributed by atoms with Crippen LogP contribution in [0.15, 0.2) is 21.5 Å². The van der Waals surface area contributed by atoms with Crippen molar-refractivity contribution >= 4 is 26.0 Å². The van der Waals surface area contributed by atoms with Crippen molar-refractivity contribution in [2.45, 2.75) is 4.90 Å². The Balaban J connectivity index is 3.47. The van der Waals surface area contributed by atoms with Gasteiger partial charge in [-0.25, -0.2) is 17.9 Å². The lowest BCUT2D eigenvalue weighted by atomic mass is 10.3. The molecule has 14 heavy (non-hydrogen) atoms. The Morgan fingerprint density at radius 3 is 2.50 bits per heavy atom. The first-order valence-electron chi connectivity index (χ1n) is 3.42. The zero-order valence-corrected chi connectivity index (χ0v) is 9.52. The van der Waals surface area contributed by atoms with E-state index in [0.29, 0.717) is 0 Å². The number of methoxy groups -OCH3 is 1. The monoisotopic (exact) mass is 283 g/mol. The maximum Gasteiger partial charge on any atom is 0.241 e. The molecule has 1 aromatic carbocycles. The summed E-state index contributed by atoms with van der Waals surface area (Å²) in [4.78, 5) is -0.565. The fraction of sp³-hybridized carbons (Fsp3) is 0.143. The largest absolute Gasteiger partial charge is 0.495 e. The predicted molar refractivity (Wildman–Crippen MR) is 52.0 cm³/mol. The van der Waals surface area contributed by atoms with Crippen molar-refractivity contribution in [3.05, 3.63) is 22.4 Å². The van der Waals surface area contributed by atoms with E-state index < -0.39 is 20.7 Å². The first-order chi connectivity index (χ1) is 6.38. The van der Waals surface area contributed by atoms with Crippen molar-refractivity contribution in [3.8, 4) is 5.75 Å². The molecule has 78 valence electrons. The summed E-state index contributed by atoms with van der Waals surface area (Å²) >= 11 is 2.86. The first-order valence-corrected chi connectivity index (χ1v) is 5.76. The molecule has 1 rings (SSSR count). The average molecular weight is 284 g/mol. The molecule has 0 aromatic heterocycles. The van der Waals surface area contributed by atoms with E-state index in [1.807, 2.05) is 0 Å². The van der Waals surface area contributed by atoms with Crippen LogP contribution in [0, 0.1) is 5.82 Å². The van der Waals surface area contributed by atoms with Gasteiger partial charge < -0.3 is 4.74 Å². The lowest BCUT2D eigenvalue weighted by Crippen LogP contribution is -2.14. The molecule has 0 spiro atoms. The maximum absolute atomic E-state index is 13.4. The highest BCUT2D eigenvalue weighted by atomic mass is 79.9. The highest BCUT2D eigenvalue weighted by molar-refractivity contribution is 9.10.